The summed E-state index contributed by atoms with van der Waals surface area (Å²) >= 11 is 0. The fourth-order valence-corrected chi connectivity index (χ4v) is 1.86. The van der Waals surface area contributed by atoms with Gasteiger partial charge >= 0.3 is 12.0 Å². The number of nitrogens with zero attached hydrogens (tertiary/aromatic N) is 3. The highest BCUT2D eigenvalue weighted by atomic mass is 16.5. The maximum atomic E-state index is 11.2. The normalized spacial score (nSPS) is 12.4. The summed E-state index contributed by atoms with van der Waals surface area (Å²) in [4.78, 5) is 19.2. The van der Waals surface area contributed by atoms with Gasteiger partial charge in [-0.25, -0.2) is 9.97 Å². The molecule has 0 aliphatic carbocycles. The quantitative estimate of drug-likeness (QED) is 0.891. The fraction of sp³-hybridized carbons (Fsp3) is 0.385. The summed E-state index contributed by atoms with van der Waals surface area (Å²) in [5.41, 5.74) is 1.13. The van der Waals surface area contributed by atoms with Crippen LogP contribution in [0.4, 0.5) is 0 Å². The van der Waals surface area contributed by atoms with Crippen molar-refractivity contribution in [2.24, 2.45) is 5.92 Å². The molecular formula is C13H15N3O4. The largest absolute Gasteiger partial charge is 0.481 e. The first-order chi connectivity index (χ1) is 9.52. The van der Waals surface area contributed by atoms with Gasteiger partial charge in [-0.15, -0.1) is 0 Å². The van der Waals surface area contributed by atoms with Gasteiger partial charge in [-0.3, -0.25) is 4.79 Å². The number of carboxylic acids is 1. The SMILES string of the molecule is COc1ncc(-c2cc(C(C(=O)O)C(C)C)on2)cn1. The lowest BCUT2D eigenvalue weighted by molar-refractivity contribution is -0.140. The van der Waals surface area contributed by atoms with Crippen molar-refractivity contribution in [2.75, 3.05) is 7.11 Å². The van der Waals surface area contributed by atoms with Crippen LogP contribution < -0.4 is 4.74 Å². The minimum atomic E-state index is -0.936. The second-order valence-corrected chi connectivity index (χ2v) is 4.63. The molecule has 0 saturated carbocycles. The summed E-state index contributed by atoms with van der Waals surface area (Å²) in [5, 5.41) is 13.1. The van der Waals surface area contributed by atoms with Gasteiger partial charge in [0.2, 0.25) is 0 Å². The van der Waals surface area contributed by atoms with Gasteiger partial charge < -0.3 is 14.4 Å². The first-order valence-corrected chi connectivity index (χ1v) is 6.08. The fourth-order valence-electron chi connectivity index (χ4n) is 1.86. The maximum absolute atomic E-state index is 11.2. The van der Waals surface area contributed by atoms with Crippen LogP contribution in [0, 0.1) is 5.92 Å². The van der Waals surface area contributed by atoms with Crippen molar-refractivity contribution < 1.29 is 19.2 Å². The number of aromatic nitrogens is 3. The zero-order chi connectivity index (χ0) is 14.7. The van der Waals surface area contributed by atoms with Crippen molar-refractivity contribution in [1.82, 2.24) is 15.1 Å². The first kappa shape index (κ1) is 14.0. The molecule has 7 heteroatoms. The van der Waals surface area contributed by atoms with Crippen molar-refractivity contribution in [3.8, 4) is 17.3 Å². The summed E-state index contributed by atoms with van der Waals surface area (Å²) in [5.74, 6) is -1.44. The topological polar surface area (TPSA) is 98.3 Å². The number of methoxy groups -OCH3 is 1. The van der Waals surface area contributed by atoms with Gasteiger partial charge in [0, 0.05) is 24.0 Å². The number of ether oxygens (including phenoxy) is 1. The minimum absolute atomic E-state index is 0.0968. The molecule has 0 aromatic carbocycles. The van der Waals surface area contributed by atoms with Gasteiger partial charge in [-0.05, 0) is 5.92 Å². The van der Waals surface area contributed by atoms with E-state index in [1.165, 1.54) is 7.11 Å². The number of hydrogen-bond donors (Lipinski definition) is 1. The zero-order valence-corrected chi connectivity index (χ0v) is 11.4. The number of carbonyl (C=O) groups is 1. The van der Waals surface area contributed by atoms with Crippen LogP contribution in [0.5, 0.6) is 6.01 Å². The molecule has 0 saturated heterocycles. The Labute approximate surface area is 115 Å². The molecular weight excluding hydrogens is 262 g/mol. The summed E-state index contributed by atoms with van der Waals surface area (Å²) in [6, 6.07) is 1.85. The molecule has 0 fully saturated rings. The molecule has 7 nitrogen and oxygen atoms in total. The van der Waals surface area contributed by atoms with E-state index in [4.69, 9.17) is 9.26 Å². The van der Waals surface area contributed by atoms with Crippen LogP contribution in [0.3, 0.4) is 0 Å². The average Bonchev–Trinajstić information content (AvgIpc) is 2.87. The molecule has 2 aromatic heterocycles. The Hall–Kier alpha value is -2.44. The predicted octanol–water partition coefficient (Wildman–Crippen LogP) is 1.96. The van der Waals surface area contributed by atoms with E-state index in [0.29, 0.717) is 17.0 Å². The molecule has 1 N–H and O–H groups in total. The Balaban J connectivity index is 2.29. The standard InChI is InChI=1S/C13H15N3O4/c1-7(2)11(12(17)18)10-4-9(16-20-10)8-5-14-13(19-3)15-6-8/h4-7,11H,1-3H3,(H,17,18). The molecule has 0 amide bonds. The highest BCUT2D eigenvalue weighted by molar-refractivity contribution is 5.76. The molecule has 0 bridgehead atoms. The third-order valence-corrected chi connectivity index (χ3v) is 2.87. The van der Waals surface area contributed by atoms with Gasteiger partial charge in [-0.1, -0.05) is 19.0 Å². The van der Waals surface area contributed by atoms with Crippen LogP contribution in [0.25, 0.3) is 11.3 Å². The van der Waals surface area contributed by atoms with Gasteiger partial charge in [-0.2, -0.15) is 0 Å². The van der Waals surface area contributed by atoms with Crippen molar-refractivity contribution in [1.29, 1.82) is 0 Å². The van der Waals surface area contributed by atoms with E-state index in [0.717, 1.165) is 0 Å². The van der Waals surface area contributed by atoms with Gasteiger partial charge in [0.05, 0.1) is 7.11 Å². The van der Waals surface area contributed by atoms with Gasteiger partial charge in [0.25, 0.3) is 0 Å². The Morgan fingerprint density at radius 3 is 2.50 bits per heavy atom. The van der Waals surface area contributed by atoms with Crippen LogP contribution in [0.1, 0.15) is 25.5 Å². The van der Waals surface area contributed by atoms with Crippen LogP contribution >= 0.6 is 0 Å². The number of rotatable bonds is 5. The summed E-state index contributed by atoms with van der Waals surface area (Å²) in [6.07, 6.45) is 3.08. The molecule has 106 valence electrons. The van der Waals surface area contributed by atoms with Crippen molar-refractivity contribution in [2.45, 2.75) is 19.8 Å². The third kappa shape index (κ3) is 2.76. The molecule has 0 aliphatic heterocycles. The van der Waals surface area contributed by atoms with Crippen molar-refractivity contribution in [3.63, 3.8) is 0 Å². The maximum Gasteiger partial charge on any atom is 0.316 e. The molecule has 2 heterocycles. The lowest BCUT2D eigenvalue weighted by Gasteiger charge is -2.11. The second kappa shape index (κ2) is 5.68. The average molecular weight is 277 g/mol. The molecule has 2 rings (SSSR count). The Morgan fingerprint density at radius 2 is 2.00 bits per heavy atom. The summed E-state index contributed by atoms with van der Waals surface area (Å²) in [6.45, 7) is 3.63. The highest BCUT2D eigenvalue weighted by Gasteiger charge is 2.28. The van der Waals surface area contributed by atoms with Gasteiger partial charge in [0.1, 0.15) is 11.6 Å². The first-order valence-electron chi connectivity index (χ1n) is 6.08. The highest BCUT2D eigenvalue weighted by Crippen LogP contribution is 2.28. The molecule has 1 atom stereocenters. The molecule has 0 aliphatic rings. The van der Waals surface area contributed by atoms with E-state index in [9.17, 15) is 9.90 Å². The molecule has 1 unspecified atom stereocenters. The molecule has 2 aromatic rings. The Bertz CT molecular complexity index is 592. The number of carboxylic acid groups (broad SMARTS) is 1. The molecule has 0 spiro atoms. The number of hydrogen-bond acceptors (Lipinski definition) is 6. The van der Waals surface area contributed by atoms with E-state index in [1.807, 2.05) is 13.8 Å². The smallest absolute Gasteiger partial charge is 0.316 e. The lowest BCUT2D eigenvalue weighted by atomic mass is 9.93. The minimum Gasteiger partial charge on any atom is -0.481 e. The zero-order valence-electron chi connectivity index (χ0n) is 11.4. The second-order valence-electron chi connectivity index (χ2n) is 4.63. The van der Waals surface area contributed by atoms with E-state index in [1.54, 1.807) is 18.5 Å². The lowest BCUT2D eigenvalue weighted by Crippen LogP contribution is -2.16. The van der Waals surface area contributed by atoms with E-state index in [2.05, 4.69) is 15.1 Å². The van der Waals surface area contributed by atoms with Gasteiger partial charge in [0.15, 0.2) is 5.76 Å². The van der Waals surface area contributed by atoms with Crippen LogP contribution in [-0.4, -0.2) is 33.3 Å². The monoisotopic (exact) mass is 277 g/mol. The number of aliphatic carboxylic acids is 1. The third-order valence-electron chi connectivity index (χ3n) is 2.87. The van der Waals surface area contributed by atoms with E-state index >= 15 is 0 Å². The molecule has 0 radical (unpaired) electrons. The van der Waals surface area contributed by atoms with E-state index in [-0.39, 0.29) is 11.9 Å². The van der Waals surface area contributed by atoms with Crippen molar-refractivity contribution >= 4 is 5.97 Å². The Kier molecular flexibility index (Phi) is 3.97. The Morgan fingerprint density at radius 1 is 1.35 bits per heavy atom. The van der Waals surface area contributed by atoms with Crippen LogP contribution in [0.15, 0.2) is 23.0 Å². The summed E-state index contributed by atoms with van der Waals surface area (Å²) in [7, 11) is 1.48. The van der Waals surface area contributed by atoms with Crippen LogP contribution in [-0.2, 0) is 4.79 Å². The van der Waals surface area contributed by atoms with Crippen molar-refractivity contribution in [3.05, 3.63) is 24.2 Å². The predicted molar refractivity (Wildman–Crippen MR) is 69.3 cm³/mol. The van der Waals surface area contributed by atoms with E-state index < -0.39 is 11.9 Å². The molecule has 20 heavy (non-hydrogen) atoms. The van der Waals surface area contributed by atoms with Crippen LogP contribution in [0.2, 0.25) is 0 Å². The summed E-state index contributed by atoms with van der Waals surface area (Å²) < 4.78 is 10.0.